The molecule has 7 nitrogen and oxygen atoms in total. The molecule has 3 aromatic carbocycles. The number of aryl methyl sites for hydroxylation is 1. The van der Waals surface area contributed by atoms with Crippen molar-refractivity contribution < 1.29 is 24.3 Å². The smallest absolute Gasteiger partial charge is 0.253 e. The molecular formula is C33H28Cl2N2O5. The third kappa shape index (κ3) is 3.29. The summed E-state index contributed by atoms with van der Waals surface area (Å²) in [7, 11) is 1.35. The maximum absolute atomic E-state index is 14.2. The zero-order valence-electron chi connectivity index (χ0n) is 23.0. The van der Waals surface area contributed by atoms with Crippen molar-refractivity contribution in [1.29, 1.82) is 0 Å². The summed E-state index contributed by atoms with van der Waals surface area (Å²) in [5.41, 5.74) is 2.61. The summed E-state index contributed by atoms with van der Waals surface area (Å²) < 4.78 is 0. The molecule has 1 saturated carbocycles. The Kier molecular flexibility index (Phi) is 5.92. The van der Waals surface area contributed by atoms with Gasteiger partial charge in [0.05, 0.1) is 17.5 Å². The van der Waals surface area contributed by atoms with Crippen LogP contribution in [0.3, 0.4) is 0 Å². The lowest BCUT2D eigenvalue weighted by molar-refractivity contribution is -0.138. The van der Waals surface area contributed by atoms with Crippen LogP contribution in [-0.2, 0) is 25.6 Å². The Morgan fingerprint density at radius 2 is 1.62 bits per heavy atom. The molecule has 0 spiro atoms. The van der Waals surface area contributed by atoms with Crippen LogP contribution in [0.4, 0.5) is 5.69 Å². The van der Waals surface area contributed by atoms with Crippen molar-refractivity contribution in [3.8, 4) is 5.75 Å². The molecule has 0 aromatic heterocycles. The van der Waals surface area contributed by atoms with Gasteiger partial charge in [0.1, 0.15) is 5.75 Å². The molecule has 6 atom stereocenters. The van der Waals surface area contributed by atoms with E-state index in [1.165, 1.54) is 11.9 Å². The lowest BCUT2D eigenvalue weighted by Crippen LogP contribution is -2.60. The minimum atomic E-state index is -1.96. The molecular weight excluding hydrogens is 575 g/mol. The number of fused-ring (bicyclic) bond motifs is 5. The van der Waals surface area contributed by atoms with E-state index in [1.807, 2.05) is 49.4 Å². The average molecular weight is 604 g/mol. The highest BCUT2D eigenvalue weighted by molar-refractivity contribution is 6.53. The minimum Gasteiger partial charge on any atom is -0.508 e. The topological polar surface area (TPSA) is 95.0 Å². The number of carbonyl (C=O) groups excluding carboxylic acids is 4. The predicted octanol–water partition coefficient (Wildman–Crippen LogP) is 5.30. The Morgan fingerprint density at radius 3 is 2.33 bits per heavy atom. The zero-order chi connectivity index (χ0) is 29.7. The second kappa shape index (κ2) is 9.16. The minimum absolute atomic E-state index is 0.0936. The Hall–Kier alpha value is -3.68. The molecule has 2 aliphatic carbocycles. The van der Waals surface area contributed by atoms with Gasteiger partial charge in [0.2, 0.25) is 11.8 Å². The van der Waals surface area contributed by atoms with Crippen LogP contribution in [0, 0.1) is 17.8 Å². The normalized spacial score (nSPS) is 32.2. The highest BCUT2D eigenvalue weighted by Gasteiger charge is 2.76. The van der Waals surface area contributed by atoms with Gasteiger partial charge in [0.15, 0.2) is 9.75 Å². The summed E-state index contributed by atoms with van der Waals surface area (Å²) in [6.45, 7) is 2.03. The predicted molar refractivity (Wildman–Crippen MR) is 159 cm³/mol. The SMILES string of the molecule is CCc1ccc(N2C(=O)[C@H]3[C@H](CC=C4[C@H]3C[C@@]3(Cl)C(=O)N(C)C(=O)[C@@]3(Cl)[C@H]4c3c(O)ccc4ccccc34)C2=O)cc1. The van der Waals surface area contributed by atoms with Crippen LogP contribution in [0.25, 0.3) is 10.8 Å². The Labute approximate surface area is 252 Å². The number of allylic oxidation sites excluding steroid dienone is 2. The number of hydrogen-bond acceptors (Lipinski definition) is 5. The van der Waals surface area contributed by atoms with E-state index in [-0.39, 0.29) is 30.4 Å². The largest absolute Gasteiger partial charge is 0.508 e. The van der Waals surface area contributed by atoms with E-state index in [0.29, 0.717) is 22.2 Å². The van der Waals surface area contributed by atoms with Crippen molar-refractivity contribution in [2.75, 3.05) is 11.9 Å². The van der Waals surface area contributed by atoms with Crippen molar-refractivity contribution in [2.45, 2.75) is 41.9 Å². The summed E-state index contributed by atoms with van der Waals surface area (Å²) in [6, 6.07) is 18.1. The standard InChI is InChI=1S/C33H28Cl2N2O5/c1-3-17-8-11-19(12-9-17)37-28(39)22-14-13-21-23(25(22)29(37)40)16-32(34)30(41)36(2)31(42)33(32,35)27(21)26-20-7-5-4-6-18(20)10-15-24(26)38/h4-13,15,22-23,25,27,38H,3,14,16H2,1-2H3/t22-,23+,25-,27+,32+,33-/m0/s1. The fourth-order valence-corrected chi connectivity index (χ4v) is 8.79. The number of benzene rings is 3. The maximum atomic E-state index is 14.2. The molecule has 42 heavy (non-hydrogen) atoms. The summed E-state index contributed by atoms with van der Waals surface area (Å²) in [5.74, 6) is -5.19. The van der Waals surface area contributed by atoms with Gasteiger partial charge in [-0.05, 0) is 59.7 Å². The number of aromatic hydroxyl groups is 1. The number of phenolic OH excluding ortho intramolecular Hbond substituents is 1. The molecule has 0 radical (unpaired) electrons. The first kappa shape index (κ1) is 27.2. The number of carbonyl (C=O) groups is 4. The van der Waals surface area contributed by atoms with Gasteiger partial charge in [0, 0.05) is 18.5 Å². The Bertz CT molecular complexity index is 1750. The molecule has 7 rings (SSSR count). The number of likely N-dealkylation sites (tertiary alicyclic amines) is 1. The highest BCUT2D eigenvalue weighted by Crippen LogP contribution is 2.66. The summed E-state index contributed by atoms with van der Waals surface area (Å²) in [6.07, 6.45) is 2.87. The van der Waals surface area contributed by atoms with Crippen LogP contribution in [0.5, 0.6) is 5.75 Å². The summed E-state index contributed by atoms with van der Waals surface area (Å²) in [4.78, 5) is 53.8. The molecule has 3 aromatic rings. The fraction of sp³-hybridized carbons (Fsp3) is 0.333. The van der Waals surface area contributed by atoms with Crippen LogP contribution >= 0.6 is 23.2 Å². The van der Waals surface area contributed by atoms with Crippen LogP contribution < -0.4 is 4.90 Å². The number of hydrogen-bond donors (Lipinski definition) is 1. The number of anilines is 1. The van der Waals surface area contributed by atoms with E-state index in [1.54, 1.807) is 24.3 Å². The molecule has 0 unspecified atom stereocenters. The molecule has 9 heteroatoms. The lowest BCUT2D eigenvalue weighted by Gasteiger charge is -2.51. The monoisotopic (exact) mass is 602 g/mol. The number of alkyl halides is 2. The van der Waals surface area contributed by atoms with E-state index in [4.69, 9.17) is 23.2 Å². The first-order chi connectivity index (χ1) is 20.0. The van der Waals surface area contributed by atoms with Gasteiger partial charge in [-0.1, -0.05) is 61.0 Å². The number of nitrogens with zero attached hydrogens (tertiary/aromatic N) is 2. The second-order valence-electron chi connectivity index (χ2n) is 11.7. The highest BCUT2D eigenvalue weighted by atomic mass is 35.5. The molecule has 4 aliphatic rings. The molecule has 2 aliphatic heterocycles. The van der Waals surface area contributed by atoms with Crippen molar-refractivity contribution in [2.24, 2.45) is 17.8 Å². The molecule has 1 N–H and O–H groups in total. The van der Waals surface area contributed by atoms with E-state index in [2.05, 4.69) is 0 Å². The van der Waals surface area contributed by atoms with Crippen LogP contribution in [-0.4, -0.2) is 50.4 Å². The van der Waals surface area contributed by atoms with Gasteiger partial charge in [-0.25, -0.2) is 0 Å². The van der Waals surface area contributed by atoms with Crippen LogP contribution in [0.15, 0.2) is 72.3 Å². The van der Waals surface area contributed by atoms with Gasteiger partial charge in [0.25, 0.3) is 11.8 Å². The number of amides is 4. The second-order valence-corrected chi connectivity index (χ2v) is 13.0. The average Bonchev–Trinajstić information content (AvgIpc) is 3.32. The van der Waals surface area contributed by atoms with Crippen molar-refractivity contribution in [3.05, 3.63) is 83.4 Å². The van der Waals surface area contributed by atoms with Crippen molar-refractivity contribution in [1.82, 2.24) is 4.90 Å². The number of halogens is 2. The molecule has 214 valence electrons. The number of phenols is 1. The van der Waals surface area contributed by atoms with Gasteiger partial charge >= 0.3 is 0 Å². The molecule has 2 heterocycles. The Balaban J connectivity index is 1.43. The Morgan fingerprint density at radius 1 is 0.905 bits per heavy atom. The molecule has 2 saturated heterocycles. The summed E-state index contributed by atoms with van der Waals surface area (Å²) in [5, 5.41) is 12.8. The van der Waals surface area contributed by atoms with Gasteiger partial charge in [-0.3, -0.25) is 29.0 Å². The first-order valence-electron chi connectivity index (χ1n) is 14.1. The number of rotatable bonds is 3. The quantitative estimate of drug-likeness (QED) is 0.249. The number of imide groups is 2. The zero-order valence-corrected chi connectivity index (χ0v) is 24.5. The lowest BCUT2D eigenvalue weighted by atomic mass is 9.56. The van der Waals surface area contributed by atoms with Gasteiger partial charge in [-0.15, -0.1) is 23.2 Å². The fourth-order valence-electron chi connectivity index (χ4n) is 7.78. The first-order valence-corrected chi connectivity index (χ1v) is 14.9. The molecule has 4 amide bonds. The third-order valence-corrected chi connectivity index (χ3v) is 11.3. The molecule has 3 fully saturated rings. The van der Waals surface area contributed by atoms with E-state index >= 15 is 0 Å². The summed E-state index contributed by atoms with van der Waals surface area (Å²) >= 11 is 14.6. The van der Waals surface area contributed by atoms with Gasteiger partial charge in [-0.2, -0.15) is 0 Å². The van der Waals surface area contributed by atoms with Crippen LogP contribution in [0.2, 0.25) is 0 Å². The van der Waals surface area contributed by atoms with E-state index < -0.39 is 45.2 Å². The molecule has 0 bridgehead atoms. The van der Waals surface area contributed by atoms with Crippen molar-refractivity contribution in [3.63, 3.8) is 0 Å². The van der Waals surface area contributed by atoms with E-state index in [0.717, 1.165) is 22.3 Å². The maximum Gasteiger partial charge on any atom is 0.253 e. The van der Waals surface area contributed by atoms with Crippen molar-refractivity contribution >= 4 is 63.3 Å². The third-order valence-electron chi connectivity index (χ3n) is 9.85. The van der Waals surface area contributed by atoms with Crippen LogP contribution in [0.1, 0.15) is 36.8 Å². The van der Waals surface area contributed by atoms with E-state index in [9.17, 15) is 24.3 Å². The van der Waals surface area contributed by atoms with Gasteiger partial charge < -0.3 is 5.11 Å².